The molecule has 11 heteroatoms. The summed E-state index contributed by atoms with van der Waals surface area (Å²) >= 11 is 0. The van der Waals surface area contributed by atoms with Crippen molar-refractivity contribution in [3.63, 3.8) is 0 Å². The molecule has 11 nitrogen and oxygen atoms in total. The molecule has 1 rings (SSSR count). The molecule has 1 saturated heterocycles. The molecule has 0 saturated carbocycles. The Hall–Kier alpha value is -2.64. The number of aliphatic hydroxyl groups excluding tert-OH is 5. The van der Waals surface area contributed by atoms with Gasteiger partial charge in [0.15, 0.2) is 6.29 Å². The molecule has 6 N–H and O–H groups in total. The summed E-state index contributed by atoms with van der Waals surface area (Å²) in [5.41, 5.74) is 0. The summed E-state index contributed by atoms with van der Waals surface area (Å²) in [6.45, 7) is 4.31. The number of esters is 1. The number of hydrogen-bond donors (Lipinski definition) is 6. The van der Waals surface area contributed by atoms with Crippen molar-refractivity contribution in [1.29, 1.82) is 0 Å². The second-order valence-corrected chi connectivity index (χ2v) is 24.9. The van der Waals surface area contributed by atoms with E-state index < -0.39 is 49.5 Å². The predicted molar refractivity (Wildman–Crippen MR) is 357 cm³/mol. The minimum absolute atomic E-state index is 0.00634. The SMILES string of the molecule is CCCC/C=C\CCCCCCCC(=O)OCCCCCCCCCCC/C=C\C/C=C\CCCCCCCCCCCCCCCCCC(=O)NC(COC1OC(CO)C(O)C(O)C1O)C(O)/C=C/CC/C=C/CCCCCCCCCCC. The molecule has 1 aliphatic heterocycles. The van der Waals surface area contributed by atoms with Crippen molar-refractivity contribution in [3.05, 3.63) is 60.8 Å². The van der Waals surface area contributed by atoms with Crippen molar-refractivity contribution in [1.82, 2.24) is 5.32 Å². The third-order valence-electron chi connectivity index (χ3n) is 16.8. The molecular weight excluding hydrogens is 1060 g/mol. The summed E-state index contributed by atoms with van der Waals surface area (Å²) in [5.74, 6) is -0.196. The van der Waals surface area contributed by atoms with Gasteiger partial charge in [-0.1, -0.05) is 286 Å². The minimum atomic E-state index is -1.58. The Morgan fingerprint density at radius 1 is 0.435 bits per heavy atom. The molecule has 7 atom stereocenters. The molecule has 0 aliphatic carbocycles. The predicted octanol–water partition coefficient (Wildman–Crippen LogP) is 18.5. The first-order valence-electron chi connectivity index (χ1n) is 36.1. The molecule has 0 radical (unpaired) electrons. The van der Waals surface area contributed by atoms with Gasteiger partial charge in [-0.05, 0) is 96.3 Å². The van der Waals surface area contributed by atoms with Crippen LogP contribution < -0.4 is 5.32 Å². The van der Waals surface area contributed by atoms with Crippen LogP contribution in [0.2, 0.25) is 0 Å². The number of unbranched alkanes of at least 4 members (excludes halogenated alkanes) is 41. The fourth-order valence-corrected chi connectivity index (χ4v) is 11.1. The number of rotatable bonds is 63. The van der Waals surface area contributed by atoms with Gasteiger partial charge in [-0.25, -0.2) is 0 Å². The van der Waals surface area contributed by atoms with Crippen molar-refractivity contribution in [2.75, 3.05) is 19.8 Å². The van der Waals surface area contributed by atoms with Gasteiger partial charge >= 0.3 is 5.97 Å². The third kappa shape index (κ3) is 51.9. The Bertz CT molecular complexity index is 1600. The van der Waals surface area contributed by atoms with Crippen molar-refractivity contribution >= 4 is 11.9 Å². The maximum absolute atomic E-state index is 13.1. The largest absolute Gasteiger partial charge is 0.466 e. The Morgan fingerprint density at radius 2 is 0.812 bits per heavy atom. The van der Waals surface area contributed by atoms with E-state index in [2.05, 4.69) is 67.8 Å². The zero-order chi connectivity index (χ0) is 61.6. The molecule has 7 unspecified atom stereocenters. The van der Waals surface area contributed by atoms with Crippen LogP contribution in [-0.2, 0) is 23.8 Å². The van der Waals surface area contributed by atoms with Crippen LogP contribution in [0.5, 0.6) is 0 Å². The Labute approximate surface area is 522 Å². The summed E-state index contributed by atoms with van der Waals surface area (Å²) in [5, 5.41) is 54.5. The van der Waals surface area contributed by atoms with Crippen LogP contribution in [0.3, 0.4) is 0 Å². The van der Waals surface area contributed by atoms with Gasteiger partial charge in [-0.2, -0.15) is 0 Å². The summed E-state index contributed by atoms with van der Waals surface area (Å²) in [6, 6.07) is -0.829. The van der Waals surface area contributed by atoms with Gasteiger partial charge in [0.2, 0.25) is 5.91 Å². The molecule has 496 valence electrons. The number of amides is 1. The van der Waals surface area contributed by atoms with E-state index in [1.165, 1.54) is 244 Å². The maximum atomic E-state index is 13.1. The minimum Gasteiger partial charge on any atom is -0.466 e. The van der Waals surface area contributed by atoms with Gasteiger partial charge < -0.3 is 45.1 Å². The molecular formula is C74H135NO10. The van der Waals surface area contributed by atoms with Gasteiger partial charge in [0.05, 0.1) is 32.0 Å². The zero-order valence-electron chi connectivity index (χ0n) is 55.1. The van der Waals surface area contributed by atoms with Crippen molar-refractivity contribution in [3.8, 4) is 0 Å². The van der Waals surface area contributed by atoms with E-state index in [1.54, 1.807) is 6.08 Å². The number of ether oxygens (including phenoxy) is 3. The fraction of sp³-hybridized carbons (Fsp3) is 0.838. The van der Waals surface area contributed by atoms with E-state index in [4.69, 9.17) is 14.2 Å². The molecule has 1 amide bonds. The van der Waals surface area contributed by atoms with E-state index in [0.717, 1.165) is 64.2 Å². The standard InChI is InChI=1S/C74H135NO10/c1-3-5-7-9-11-13-15-16-34-37-41-44-48-52-56-60-67(77)66(65-84-74-73(82)72(81)71(80)68(64-76)85-74)75-69(78)61-57-53-49-45-42-38-35-32-30-28-26-24-22-20-18-17-19-21-23-25-27-29-31-33-36-39-43-47-51-55-59-63-83-70(79)62-58-54-50-46-40-14-12-10-8-6-4-2/h10,12,19,21,25,27,41,44,56,60,66-68,71-74,76-77,80-82H,3-9,11,13-18,20,22-24,26,28-40,42-43,45-55,57-59,61-65H2,1-2H3,(H,75,78)/b12-10-,21-19-,27-25-,44-41+,60-56+. The van der Waals surface area contributed by atoms with Gasteiger partial charge in [0.25, 0.3) is 0 Å². The van der Waals surface area contributed by atoms with Crippen LogP contribution in [0.15, 0.2) is 60.8 Å². The quantitative estimate of drug-likeness (QED) is 0.0195. The summed E-state index contributed by atoms with van der Waals surface area (Å²) in [7, 11) is 0. The molecule has 1 fully saturated rings. The Balaban J connectivity index is 2.01. The van der Waals surface area contributed by atoms with Crippen LogP contribution in [0.25, 0.3) is 0 Å². The number of allylic oxidation sites excluding steroid dienone is 9. The molecule has 1 heterocycles. The second-order valence-electron chi connectivity index (χ2n) is 24.9. The first-order valence-corrected chi connectivity index (χ1v) is 36.1. The lowest BCUT2D eigenvalue weighted by Crippen LogP contribution is -2.60. The number of carbonyl (C=O) groups excluding carboxylic acids is 2. The Morgan fingerprint density at radius 3 is 1.27 bits per heavy atom. The maximum Gasteiger partial charge on any atom is 0.305 e. The molecule has 0 aromatic heterocycles. The third-order valence-corrected chi connectivity index (χ3v) is 16.8. The molecule has 0 spiro atoms. The first-order chi connectivity index (χ1) is 41.7. The lowest BCUT2D eigenvalue weighted by Gasteiger charge is -2.40. The topological polar surface area (TPSA) is 175 Å². The number of hydrogen-bond acceptors (Lipinski definition) is 10. The second kappa shape index (κ2) is 62.9. The van der Waals surface area contributed by atoms with Crippen LogP contribution in [0, 0.1) is 0 Å². The van der Waals surface area contributed by atoms with Gasteiger partial charge in [-0.3, -0.25) is 9.59 Å². The highest BCUT2D eigenvalue weighted by Gasteiger charge is 2.44. The number of carbonyl (C=O) groups is 2. The smallest absolute Gasteiger partial charge is 0.305 e. The van der Waals surface area contributed by atoms with Crippen LogP contribution >= 0.6 is 0 Å². The van der Waals surface area contributed by atoms with Gasteiger partial charge in [-0.15, -0.1) is 0 Å². The van der Waals surface area contributed by atoms with E-state index in [1.807, 2.05) is 6.08 Å². The normalized spacial score (nSPS) is 18.3. The Kier molecular flexibility index (Phi) is 59.5. The molecule has 1 aliphatic rings. The van der Waals surface area contributed by atoms with E-state index in [-0.39, 0.29) is 18.5 Å². The molecule has 0 aromatic carbocycles. The average molecular weight is 1200 g/mol. The summed E-state index contributed by atoms with van der Waals surface area (Å²) in [4.78, 5) is 25.1. The zero-order valence-corrected chi connectivity index (χ0v) is 55.1. The first kappa shape index (κ1) is 80.4. The molecule has 0 aromatic rings. The fourth-order valence-electron chi connectivity index (χ4n) is 11.1. The highest BCUT2D eigenvalue weighted by molar-refractivity contribution is 5.76. The molecule has 85 heavy (non-hydrogen) atoms. The molecule has 0 bridgehead atoms. The lowest BCUT2D eigenvalue weighted by molar-refractivity contribution is -0.302. The highest BCUT2D eigenvalue weighted by Crippen LogP contribution is 2.23. The van der Waals surface area contributed by atoms with E-state index >= 15 is 0 Å². The van der Waals surface area contributed by atoms with E-state index in [9.17, 15) is 35.1 Å². The van der Waals surface area contributed by atoms with Gasteiger partial charge in [0, 0.05) is 12.8 Å². The number of aliphatic hydroxyl groups is 5. The van der Waals surface area contributed by atoms with E-state index in [0.29, 0.717) is 19.4 Å². The van der Waals surface area contributed by atoms with Crippen LogP contribution in [0.1, 0.15) is 335 Å². The summed E-state index contributed by atoms with van der Waals surface area (Å²) < 4.78 is 16.7. The van der Waals surface area contributed by atoms with Crippen molar-refractivity contribution in [2.24, 2.45) is 0 Å². The monoisotopic (exact) mass is 1200 g/mol. The van der Waals surface area contributed by atoms with Crippen LogP contribution in [-0.4, -0.2) is 100 Å². The van der Waals surface area contributed by atoms with Crippen molar-refractivity contribution < 1.29 is 49.3 Å². The van der Waals surface area contributed by atoms with Crippen LogP contribution in [0.4, 0.5) is 0 Å². The van der Waals surface area contributed by atoms with Crippen molar-refractivity contribution in [2.45, 2.75) is 378 Å². The summed E-state index contributed by atoms with van der Waals surface area (Å²) in [6.07, 6.45) is 73.5. The van der Waals surface area contributed by atoms with Gasteiger partial charge in [0.1, 0.15) is 24.4 Å². The lowest BCUT2D eigenvalue weighted by atomic mass is 9.99. The highest BCUT2D eigenvalue weighted by atomic mass is 16.7. The average Bonchev–Trinajstić information content (AvgIpc) is 3.43. The number of nitrogens with one attached hydrogen (secondary N) is 1.